The van der Waals surface area contributed by atoms with Crippen molar-refractivity contribution in [3.05, 3.63) is 0 Å². The van der Waals surface area contributed by atoms with E-state index < -0.39 is 0 Å². The highest BCUT2D eigenvalue weighted by atomic mass is 14.6. The minimum absolute atomic E-state index is 0.891. The SMILES string of the molecule is CCCC(CCC(C)C)CC1CCCC2C(CC)C12. The van der Waals surface area contributed by atoms with Crippen molar-refractivity contribution in [2.24, 2.45) is 35.5 Å². The Morgan fingerprint density at radius 3 is 2.42 bits per heavy atom. The van der Waals surface area contributed by atoms with Crippen LogP contribution in [0.3, 0.4) is 0 Å². The third kappa shape index (κ3) is 3.99. The summed E-state index contributed by atoms with van der Waals surface area (Å²) in [7, 11) is 0. The van der Waals surface area contributed by atoms with Crippen molar-refractivity contribution in [3.63, 3.8) is 0 Å². The first-order chi connectivity index (χ1) is 9.17. The van der Waals surface area contributed by atoms with Gasteiger partial charge in [0.05, 0.1) is 0 Å². The van der Waals surface area contributed by atoms with Crippen molar-refractivity contribution >= 4 is 0 Å². The van der Waals surface area contributed by atoms with Crippen LogP contribution < -0.4 is 0 Å². The molecule has 2 saturated carbocycles. The van der Waals surface area contributed by atoms with E-state index in [-0.39, 0.29) is 0 Å². The van der Waals surface area contributed by atoms with Gasteiger partial charge in [0.2, 0.25) is 0 Å². The first-order valence-electron chi connectivity index (χ1n) is 9.17. The van der Waals surface area contributed by atoms with Crippen LogP contribution in [0, 0.1) is 35.5 Å². The van der Waals surface area contributed by atoms with Gasteiger partial charge in [-0.15, -0.1) is 0 Å². The van der Waals surface area contributed by atoms with Crippen LogP contribution in [0.1, 0.15) is 85.5 Å². The van der Waals surface area contributed by atoms with E-state index in [1.165, 1.54) is 38.5 Å². The summed E-state index contributed by atoms with van der Waals surface area (Å²) < 4.78 is 0. The Morgan fingerprint density at radius 1 is 1.00 bits per heavy atom. The molecule has 5 atom stereocenters. The van der Waals surface area contributed by atoms with Gasteiger partial charge >= 0.3 is 0 Å². The molecule has 0 N–H and O–H groups in total. The normalized spacial score (nSPS) is 35.2. The third-order valence-electron chi connectivity index (χ3n) is 6.01. The van der Waals surface area contributed by atoms with Gasteiger partial charge < -0.3 is 0 Å². The summed E-state index contributed by atoms with van der Waals surface area (Å²) in [6.07, 6.45) is 13.5. The lowest BCUT2D eigenvalue weighted by Gasteiger charge is -2.27. The zero-order chi connectivity index (χ0) is 13.8. The number of hydrogen-bond acceptors (Lipinski definition) is 0. The van der Waals surface area contributed by atoms with Crippen LogP contribution in [0.2, 0.25) is 0 Å². The average Bonchev–Trinajstić information content (AvgIpc) is 3.10. The lowest BCUT2D eigenvalue weighted by molar-refractivity contribution is 0.243. The fraction of sp³-hybridized carbons (Fsp3) is 1.00. The van der Waals surface area contributed by atoms with E-state index in [1.807, 2.05) is 0 Å². The van der Waals surface area contributed by atoms with Crippen LogP contribution in [-0.4, -0.2) is 0 Å². The summed E-state index contributed by atoms with van der Waals surface area (Å²) in [5.74, 6) is 6.46. The van der Waals surface area contributed by atoms with Crippen molar-refractivity contribution in [2.45, 2.75) is 85.5 Å². The van der Waals surface area contributed by atoms with Crippen LogP contribution in [0.25, 0.3) is 0 Å². The Labute approximate surface area is 121 Å². The summed E-state index contributed by atoms with van der Waals surface area (Å²) >= 11 is 0. The van der Waals surface area contributed by atoms with Gasteiger partial charge in [-0.25, -0.2) is 0 Å². The molecule has 0 heterocycles. The molecule has 2 aliphatic carbocycles. The maximum absolute atomic E-state index is 2.42. The first kappa shape index (κ1) is 15.4. The van der Waals surface area contributed by atoms with Crippen molar-refractivity contribution < 1.29 is 0 Å². The van der Waals surface area contributed by atoms with E-state index in [1.54, 1.807) is 19.3 Å². The quantitative estimate of drug-likeness (QED) is 0.482. The van der Waals surface area contributed by atoms with Crippen LogP contribution in [0.5, 0.6) is 0 Å². The molecule has 0 spiro atoms. The number of fused-ring (bicyclic) bond motifs is 1. The maximum Gasteiger partial charge on any atom is -0.0324 e. The maximum atomic E-state index is 2.42. The lowest BCUT2D eigenvalue weighted by atomic mass is 9.79. The first-order valence-corrected chi connectivity index (χ1v) is 9.17. The highest BCUT2D eigenvalue weighted by Gasteiger charge is 2.53. The van der Waals surface area contributed by atoms with Gasteiger partial charge in [0.1, 0.15) is 0 Å². The Balaban J connectivity index is 1.82. The fourth-order valence-electron chi connectivity index (χ4n) is 5.02. The second-order valence-corrected chi connectivity index (χ2v) is 7.87. The molecule has 2 fully saturated rings. The number of rotatable bonds is 8. The van der Waals surface area contributed by atoms with E-state index in [4.69, 9.17) is 0 Å². The smallest absolute Gasteiger partial charge is 0.0324 e. The predicted octanol–water partition coefficient (Wildman–Crippen LogP) is 6.30. The molecule has 5 unspecified atom stereocenters. The van der Waals surface area contributed by atoms with Crippen LogP contribution in [0.15, 0.2) is 0 Å². The van der Waals surface area contributed by atoms with Crippen molar-refractivity contribution in [3.8, 4) is 0 Å². The van der Waals surface area contributed by atoms with E-state index in [0.717, 1.165) is 35.5 Å². The molecule has 0 bridgehead atoms. The average molecular weight is 264 g/mol. The molecule has 0 radical (unpaired) electrons. The van der Waals surface area contributed by atoms with Crippen molar-refractivity contribution in [1.82, 2.24) is 0 Å². The van der Waals surface area contributed by atoms with Gasteiger partial charge in [-0.05, 0) is 48.3 Å². The molecule has 0 aromatic carbocycles. The second kappa shape index (κ2) is 7.14. The molecule has 0 amide bonds. The molecule has 0 aliphatic heterocycles. The topological polar surface area (TPSA) is 0 Å². The van der Waals surface area contributed by atoms with Crippen LogP contribution in [-0.2, 0) is 0 Å². The molecule has 2 rings (SSSR count). The largest absolute Gasteiger partial charge is 0.0654 e. The summed E-state index contributed by atoms with van der Waals surface area (Å²) in [5, 5.41) is 0. The van der Waals surface area contributed by atoms with Gasteiger partial charge in [0, 0.05) is 0 Å². The van der Waals surface area contributed by atoms with Gasteiger partial charge in [-0.1, -0.05) is 72.6 Å². The molecule has 0 aromatic rings. The summed E-state index contributed by atoms with van der Waals surface area (Å²) in [6.45, 7) is 9.56. The molecule has 19 heavy (non-hydrogen) atoms. The molecule has 0 heteroatoms. The highest BCUT2D eigenvalue weighted by molar-refractivity contribution is 5.02. The molecule has 0 saturated heterocycles. The van der Waals surface area contributed by atoms with E-state index in [0.29, 0.717) is 0 Å². The molecule has 0 aromatic heterocycles. The summed E-state index contributed by atoms with van der Waals surface area (Å²) in [4.78, 5) is 0. The molecule has 0 nitrogen and oxygen atoms in total. The minimum atomic E-state index is 0.891. The van der Waals surface area contributed by atoms with Crippen molar-refractivity contribution in [2.75, 3.05) is 0 Å². The molecule has 2 aliphatic rings. The van der Waals surface area contributed by atoms with E-state index in [2.05, 4.69) is 27.7 Å². The molecule has 112 valence electrons. The van der Waals surface area contributed by atoms with Gasteiger partial charge in [0.25, 0.3) is 0 Å². The Hall–Kier alpha value is 0. The molecular weight excluding hydrogens is 228 g/mol. The van der Waals surface area contributed by atoms with Crippen LogP contribution in [0.4, 0.5) is 0 Å². The Bertz CT molecular complexity index is 251. The predicted molar refractivity (Wildman–Crippen MR) is 85.2 cm³/mol. The third-order valence-corrected chi connectivity index (χ3v) is 6.01. The summed E-state index contributed by atoms with van der Waals surface area (Å²) in [6, 6.07) is 0. The second-order valence-electron chi connectivity index (χ2n) is 7.87. The zero-order valence-electron chi connectivity index (χ0n) is 13.8. The lowest BCUT2D eigenvalue weighted by Crippen LogP contribution is -2.16. The minimum Gasteiger partial charge on any atom is -0.0654 e. The summed E-state index contributed by atoms with van der Waals surface area (Å²) in [5.41, 5.74) is 0. The fourth-order valence-corrected chi connectivity index (χ4v) is 5.02. The van der Waals surface area contributed by atoms with Gasteiger partial charge in [-0.3, -0.25) is 0 Å². The number of hydrogen-bond donors (Lipinski definition) is 0. The standard InChI is InChI=1S/C19H36/c1-5-8-15(12-11-14(3)4)13-16-9-7-10-18-17(6-2)19(16)18/h14-19H,5-13H2,1-4H3. The molecular formula is C19H36. The van der Waals surface area contributed by atoms with Gasteiger partial charge in [-0.2, -0.15) is 0 Å². The van der Waals surface area contributed by atoms with Crippen molar-refractivity contribution in [1.29, 1.82) is 0 Å². The zero-order valence-corrected chi connectivity index (χ0v) is 13.8. The monoisotopic (exact) mass is 264 g/mol. The van der Waals surface area contributed by atoms with E-state index >= 15 is 0 Å². The van der Waals surface area contributed by atoms with Crippen LogP contribution >= 0.6 is 0 Å². The highest BCUT2D eigenvalue weighted by Crippen LogP contribution is 2.60. The Morgan fingerprint density at radius 2 is 1.79 bits per heavy atom. The Kier molecular flexibility index (Phi) is 5.78. The van der Waals surface area contributed by atoms with E-state index in [9.17, 15) is 0 Å². The van der Waals surface area contributed by atoms with Gasteiger partial charge in [0.15, 0.2) is 0 Å².